The minimum atomic E-state index is -0.680. The summed E-state index contributed by atoms with van der Waals surface area (Å²) < 4.78 is 18.1. The number of rotatable bonds is 6. The Hall–Kier alpha value is -2.81. The zero-order valence-corrected chi connectivity index (χ0v) is 17.9. The van der Waals surface area contributed by atoms with E-state index in [0.717, 1.165) is 5.01 Å². The van der Waals surface area contributed by atoms with Crippen LogP contribution in [0.15, 0.2) is 24.3 Å². The van der Waals surface area contributed by atoms with Crippen LogP contribution in [0.4, 0.5) is 10.1 Å². The zero-order valence-electron chi connectivity index (χ0n) is 17.0. The largest absolute Gasteiger partial charge is 0.451 e. The molecule has 0 unspecified atom stereocenters. The highest BCUT2D eigenvalue weighted by Crippen LogP contribution is 2.19. The minimum absolute atomic E-state index is 0.240. The lowest BCUT2D eigenvalue weighted by molar-refractivity contribution is -0.142. The highest BCUT2D eigenvalue weighted by Gasteiger charge is 2.29. The van der Waals surface area contributed by atoms with Crippen LogP contribution >= 0.6 is 11.3 Å². The number of nitrogens with one attached hydrogen (secondary N) is 1. The summed E-state index contributed by atoms with van der Waals surface area (Å²) in [6.45, 7) is 8.06. The first-order valence-corrected chi connectivity index (χ1v) is 9.76. The van der Waals surface area contributed by atoms with Crippen molar-refractivity contribution < 1.29 is 23.5 Å². The van der Waals surface area contributed by atoms with Crippen LogP contribution in [0, 0.1) is 19.7 Å². The SMILES string of the molecule is Cc1nc(C)c(C(=O)OCC(=O)N(CC(=O)Nc2ccc(F)cc2)C(C)(C)C)s1. The summed E-state index contributed by atoms with van der Waals surface area (Å²) in [7, 11) is 0. The number of amides is 2. The van der Waals surface area contributed by atoms with Crippen LogP contribution in [0.1, 0.15) is 41.1 Å². The van der Waals surface area contributed by atoms with Crippen molar-refractivity contribution in [1.82, 2.24) is 9.88 Å². The van der Waals surface area contributed by atoms with Gasteiger partial charge in [0, 0.05) is 11.2 Å². The van der Waals surface area contributed by atoms with Crippen LogP contribution in [0.25, 0.3) is 0 Å². The van der Waals surface area contributed by atoms with E-state index in [1.54, 1.807) is 34.6 Å². The van der Waals surface area contributed by atoms with Crippen molar-refractivity contribution >= 4 is 34.8 Å². The Morgan fingerprint density at radius 1 is 1.17 bits per heavy atom. The van der Waals surface area contributed by atoms with Gasteiger partial charge in [0.25, 0.3) is 5.91 Å². The van der Waals surface area contributed by atoms with Crippen molar-refractivity contribution in [3.63, 3.8) is 0 Å². The second-order valence-electron chi connectivity index (χ2n) is 7.43. The number of carbonyl (C=O) groups excluding carboxylic acids is 3. The van der Waals surface area contributed by atoms with Gasteiger partial charge in [-0.25, -0.2) is 14.2 Å². The lowest BCUT2D eigenvalue weighted by Gasteiger charge is -2.35. The normalized spacial score (nSPS) is 11.1. The lowest BCUT2D eigenvalue weighted by atomic mass is 10.1. The number of anilines is 1. The van der Waals surface area contributed by atoms with Crippen molar-refractivity contribution in [2.24, 2.45) is 0 Å². The van der Waals surface area contributed by atoms with Crippen LogP contribution in [0.2, 0.25) is 0 Å². The number of thiazole rings is 1. The zero-order chi connectivity index (χ0) is 21.8. The molecule has 1 heterocycles. The summed E-state index contributed by atoms with van der Waals surface area (Å²) in [5.74, 6) is -1.98. The quantitative estimate of drug-likeness (QED) is 0.723. The molecule has 156 valence electrons. The monoisotopic (exact) mass is 421 g/mol. The number of carbonyl (C=O) groups is 3. The van der Waals surface area contributed by atoms with Gasteiger partial charge in [-0.05, 0) is 58.9 Å². The summed E-state index contributed by atoms with van der Waals surface area (Å²) in [5.41, 5.74) is 0.289. The number of esters is 1. The molecule has 0 bridgehead atoms. The van der Waals surface area contributed by atoms with Gasteiger partial charge in [0.1, 0.15) is 17.2 Å². The first kappa shape index (κ1) is 22.5. The second-order valence-corrected chi connectivity index (χ2v) is 8.63. The first-order valence-electron chi connectivity index (χ1n) is 8.94. The molecule has 1 aromatic heterocycles. The van der Waals surface area contributed by atoms with Crippen molar-refractivity contribution in [1.29, 1.82) is 0 Å². The maximum atomic E-state index is 13.0. The van der Waals surface area contributed by atoms with Crippen LogP contribution < -0.4 is 5.32 Å². The van der Waals surface area contributed by atoms with E-state index >= 15 is 0 Å². The molecular formula is C20H24FN3O4S. The van der Waals surface area contributed by atoms with E-state index in [1.165, 1.54) is 40.5 Å². The van der Waals surface area contributed by atoms with Crippen molar-refractivity contribution in [3.05, 3.63) is 45.7 Å². The second kappa shape index (κ2) is 9.13. The van der Waals surface area contributed by atoms with Gasteiger partial charge in [0.2, 0.25) is 5.91 Å². The van der Waals surface area contributed by atoms with E-state index in [0.29, 0.717) is 16.3 Å². The molecule has 1 N–H and O–H groups in total. The van der Waals surface area contributed by atoms with Crippen molar-refractivity contribution in [2.75, 3.05) is 18.5 Å². The smallest absolute Gasteiger partial charge is 0.350 e. The molecule has 2 rings (SSSR count). The number of ether oxygens (including phenoxy) is 1. The Balaban J connectivity index is 2.00. The van der Waals surface area contributed by atoms with Crippen LogP contribution in [0.3, 0.4) is 0 Å². The molecule has 0 aliphatic heterocycles. The van der Waals surface area contributed by atoms with Crippen molar-refractivity contribution in [3.8, 4) is 0 Å². The summed E-state index contributed by atoms with van der Waals surface area (Å²) in [4.78, 5) is 43.1. The third-order valence-corrected chi connectivity index (χ3v) is 5.01. The molecule has 0 atom stereocenters. The predicted octanol–water partition coefficient (Wildman–Crippen LogP) is 3.32. The lowest BCUT2D eigenvalue weighted by Crippen LogP contribution is -2.50. The number of benzene rings is 1. The Bertz CT molecular complexity index is 903. The Morgan fingerprint density at radius 2 is 1.79 bits per heavy atom. The van der Waals surface area contributed by atoms with Gasteiger partial charge in [0.05, 0.1) is 10.7 Å². The molecule has 0 saturated heterocycles. The Labute approximate surface area is 172 Å². The van der Waals surface area contributed by atoms with E-state index in [2.05, 4.69) is 10.3 Å². The molecule has 0 saturated carbocycles. The Morgan fingerprint density at radius 3 is 2.31 bits per heavy atom. The number of halogens is 1. The molecule has 9 heteroatoms. The van der Waals surface area contributed by atoms with Crippen LogP contribution in [0.5, 0.6) is 0 Å². The standard InChI is InChI=1S/C20H24FN3O4S/c1-12-18(29-13(2)22-12)19(27)28-11-17(26)24(20(3,4)5)10-16(25)23-15-8-6-14(21)7-9-15/h6-9H,10-11H2,1-5H3,(H,23,25). The first-order chi connectivity index (χ1) is 13.5. The summed E-state index contributed by atoms with van der Waals surface area (Å²) in [6.07, 6.45) is 0. The summed E-state index contributed by atoms with van der Waals surface area (Å²) in [6, 6.07) is 5.31. The molecule has 0 fully saturated rings. The average molecular weight is 421 g/mol. The Kier molecular flexibility index (Phi) is 7.07. The number of aromatic nitrogens is 1. The van der Waals surface area contributed by atoms with E-state index in [1.807, 2.05) is 0 Å². The third kappa shape index (κ3) is 6.35. The molecule has 2 aromatic rings. The fourth-order valence-corrected chi connectivity index (χ4v) is 3.38. The molecule has 0 aliphatic carbocycles. The maximum Gasteiger partial charge on any atom is 0.350 e. The van der Waals surface area contributed by atoms with Gasteiger partial charge in [-0.2, -0.15) is 0 Å². The molecular weight excluding hydrogens is 397 g/mol. The van der Waals surface area contributed by atoms with E-state index in [-0.39, 0.29) is 6.54 Å². The molecule has 29 heavy (non-hydrogen) atoms. The van der Waals surface area contributed by atoms with Gasteiger partial charge >= 0.3 is 5.97 Å². The highest BCUT2D eigenvalue weighted by molar-refractivity contribution is 7.13. The topological polar surface area (TPSA) is 88.6 Å². The molecule has 0 radical (unpaired) electrons. The van der Waals surface area contributed by atoms with Gasteiger partial charge < -0.3 is 15.0 Å². The van der Waals surface area contributed by atoms with Gasteiger partial charge in [-0.3, -0.25) is 9.59 Å². The average Bonchev–Trinajstić information content (AvgIpc) is 2.96. The molecule has 1 aromatic carbocycles. The number of hydrogen-bond donors (Lipinski definition) is 1. The van der Waals surface area contributed by atoms with E-state index in [9.17, 15) is 18.8 Å². The summed E-state index contributed by atoms with van der Waals surface area (Å²) >= 11 is 1.20. The molecule has 2 amide bonds. The molecule has 0 spiro atoms. The number of nitrogens with zero attached hydrogens (tertiary/aromatic N) is 2. The fraction of sp³-hybridized carbons (Fsp3) is 0.400. The summed E-state index contributed by atoms with van der Waals surface area (Å²) in [5, 5.41) is 3.34. The number of aryl methyl sites for hydroxylation is 2. The fourth-order valence-electron chi connectivity index (χ4n) is 2.57. The molecule has 0 aliphatic rings. The van der Waals surface area contributed by atoms with Crippen LogP contribution in [-0.4, -0.2) is 46.4 Å². The van der Waals surface area contributed by atoms with Gasteiger partial charge in [-0.1, -0.05) is 0 Å². The number of hydrogen-bond acceptors (Lipinski definition) is 6. The van der Waals surface area contributed by atoms with E-state index in [4.69, 9.17) is 4.74 Å². The highest BCUT2D eigenvalue weighted by atomic mass is 32.1. The van der Waals surface area contributed by atoms with Crippen LogP contribution in [-0.2, 0) is 14.3 Å². The predicted molar refractivity (Wildman–Crippen MR) is 108 cm³/mol. The van der Waals surface area contributed by atoms with Gasteiger partial charge in [0.15, 0.2) is 6.61 Å². The minimum Gasteiger partial charge on any atom is -0.451 e. The van der Waals surface area contributed by atoms with E-state index < -0.39 is 35.7 Å². The molecule has 7 nitrogen and oxygen atoms in total. The van der Waals surface area contributed by atoms with Crippen molar-refractivity contribution in [2.45, 2.75) is 40.2 Å². The third-order valence-electron chi connectivity index (χ3n) is 3.96. The maximum absolute atomic E-state index is 13.0. The van der Waals surface area contributed by atoms with Gasteiger partial charge in [-0.15, -0.1) is 11.3 Å².